The topological polar surface area (TPSA) is 49.4 Å². The number of hydrogen-bond donors (Lipinski definition) is 1. The summed E-state index contributed by atoms with van der Waals surface area (Å²) in [6, 6.07) is 17.6. The van der Waals surface area contributed by atoms with Crippen molar-refractivity contribution in [3.63, 3.8) is 0 Å². The van der Waals surface area contributed by atoms with Crippen molar-refractivity contribution in [3.8, 4) is 0 Å². The van der Waals surface area contributed by atoms with Crippen molar-refractivity contribution in [1.82, 2.24) is 10.2 Å². The van der Waals surface area contributed by atoms with Gasteiger partial charge in [-0.3, -0.25) is 9.59 Å². The summed E-state index contributed by atoms with van der Waals surface area (Å²) in [4.78, 5) is 27.9. The molecule has 4 nitrogen and oxygen atoms in total. The largest absolute Gasteiger partial charge is 0.354 e. The molecule has 2 amide bonds. The van der Waals surface area contributed by atoms with Crippen molar-refractivity contribution in [3.05, 3.63) is 71.3 Å². The van der Waals surface area contributed by atoms with Gasteiger partial charge in [-0.05, 0) is 30.9 Å². The van der Waals surface area contributed by atoms with Gasteiger partial charge in [-0.2, -0.15) is 0 Å². The molecule has 0 saturated carbocycles. The van der Waals surface area contributed by atoms with Crippen molar-refractivity contribution >= 4 is 11.8 Å². The van der Waals surface area contributed by atoms with Crippen LogP contribution in [0.2, 0.25) is 0 Å². The molecule has 0 saturated heterocycles. The van der Waals surface area contributed by atoms with Gasteiger partial charge in [0.15, 0.2) is 0 Å². The summed E-state index contributed by atoms with van der Waals surface area (Å²) in [5.41, 5.74) is 3.26. The van der Waals surface area contributed by atoms with Gasteiger partial charge in [-0.1, -0.05) is 80.4 Å². The molecule has 0 aromatic heterocycles. The van der Waals surface area contributed by atoms with Crippen LogP contribution < -0.4 is 5.32 Å². The zero-order chi connectivity index (χ0) is 21.1. The molecule has 0 aliphatic rings. The first kappa shape index (κ1) is 22.7. The number of aryl methyl sites for hydroxylation is 1. The number of carbonyl (C=O) groups is 2. The maximum absolute atomic E-state index is 13.1. The number of nitrogens with zero attached hydrogens (tertiary/aromatic N) is 1. The molecule has 0 bridgehead atoms. The van der Waals surface area contributed by atoms with Gasteiger partial charge >= 0.3 is 0 Å². The minimum atomic E-state index is -0.520. The van der Waals surface area contributed by atoms with Crippen molar-refractivity contribution < 1.29 is 9.59 Å². The summed E-state index contributed by atoms with van der Waals surface area (Å²) < 4.78 is 0. The molecule has 1 N–H and O–H groups in total. The SMILES string of the molecule is CCCCNC(=O)C(Cc1ccccc1)N(Cc1cccc(C)c1)C(=O)CCC. The Morgan fingerprint density at radius 1 is 0.966 bits per heavy atom. The Morgan fingerprint density at radius 2 is 1.69 bits per heavy atom. The third-order valence-corrected chi connectivity index (χ3v) is 5.00. The molecule has 29 heavy (non-hydrogen) atoms. The molecule has 0 spiro atoms. The molecular formula is C25H34N2O2. The van der Waals surface area contributed by atoms with Crippen molar-refractivity contribution in [2.75, 3.05) is 6.54 Å². The smallest absolute Gasteiger partial charge is 0.243 e. The van der Waals surface area contributed by atoms with Crippen LogP contribution in [0.15, 0.2) is 54.6 Å². The lowest BCUT2D eigenvalue weighted by Gasteiger charge is -2.31. The van der Waals surface area contributed by atoms with E-state index in [1.165, 1.54) is 0 Å². The third kappa shape index (κ3) is 7.37. The van der Waals surface area contributed by atoms with E-state index in [9.17, 15) is 9.59 Å². The quantitative estimate of drug-likeness (QED) is 0.564. The van der Waals surface area contributed by atoms with E-state index in [-0.39, 0.29) is 11.8 Å². The molecule has 2 aromatic carbocycles. The van der Waals surface area contributed by atoms with Crippen LogP contribution in [0, 0.1) is 6.92 Å². The summed E-state index contributed by atoms with van der Waals surface area (Å²) in [6.45, 7) is 7.22. The molecule has 1 atom stereocenters. The van der Waals surface area contributed by atoms with Crippen LogP contribution in [0.4, 0.5) is 0 Å². The second-order valence-electron chi connectivity index (χ2n) is 7.61. The molecule has 4 heteroatoms. The number of benzene rings is 2. The van der Waals surface area contributed by atoms with Gasteiger partial charge in [-0.15, -0.1) is 0 Å². The van der Waals surface area contributed by atoms with Crippen LogP contribution >= 0.6 is 0 Å². The van der Waals surface area contributed by atoms with Crippen LogP contribution in [0.3, 0.4) is 0 Å². The van der Waals surface area contributed by atoms with E-state index < -0.39 is 6.04 Å². The van der Waals surface area contributed by atoms with Gasteiger partial charge < -0.3 is 10.2 Å². The Bertz CT molecular complexity index is 773. The lowest BCUT2D eigenvalue weighted by Crippen LogP contribution is -2.50. The van der Waals surface area contributed by atoms with Gasteiger partial charge in [0, 0.05) is 25.9 Å². The van der Waals surface area contributed by atoms with E-state index in [1.54, 1.807) is 4.90 Å². The Labute approximate surface area is 175 Å². The Hall–Kier alpha value is -2.62. The molecule has 156 valence electrons. The highest BCUT2D eigenvalue weighted by molar-refractivity contribution is 5.88. The second-order valence-corrected chi connectivity index (χ2v) is 7.61. The van der Waals surface area contributed by atoms with E-state index in [0.717, 1.165) is 36.0 Å². The van der Waals surface area contributed by atoms with Crippen molar-refractivity contribution in [2.24, 2.45) is 0 Å². The first-order valence-corrected chi connectivity index (χ1v) is 10.7. The third-order valence-electron chi connectivity index (χ3n) is 5.00. The average molecular weight is 395 g/mol. The molecule has 0 aliphatic carbocycles. The normalized spacial score (nSPS) is 11.7. The van der Waals surface area contributed by atoms with Crippen LogP contribution in [0.1, 0.15) is 56.2 Å². The fourth-order valence-corrected chi connectivity index (χ4v) is 3.42. The second kappa shape index (κ2) is 12.1. The Kier molecular flexibility index (Phi) is 9.42. The minimum Gasteiger partial charge on any atom is -0.354 e. The lowest BCUT2D eigenvalue weighted by atomic mass is 10.0. The number of nitrogens with one attached hydrogen (secondary N) is 1. The first-order chi connectivity index (χ1) is 14.0. The zero-order valence-electron chi connectivity index (χ0n) is 18.0. The average Bonchev–Trinajstić information content (AvgIpc) is 2.71. The van der Waals surface area contributed by atoms with Crippen LogP contribution in [0.25, 0.3) is 0 Å². The summed E-state index contributed by atoms with van der Waals surface area (Å²) in [6.07, 6.45) is 3.67. The zero-order valence-corrected chi connectivity index (χ0v) is 18.0. The van der Waals surface area contributed by atoms with Gasteiger partial charge in [0.2, 0.25) is 11.8 Å². The molecule has 0 fully saturated rings. The molecule has 0 aliphatic heterocycles. The predicted molar refractivity (Wildman–Crippen MR) is 118 cm³/mol. The number of amides is 2. The van der Waals surface area contributed by atoms with E-state index >= 15 is 0 Å². The number of unbranched alkanes of at least 4 members (excludes halogenated alkanes) is 1. The standard InChI is InChI=1S/C25H34N2O2/c1-4-6-16-26-25(29)23(18-21-13-8-7-9-14-21)27(24(28)11-5-2)19-22-15-10-12-20(3)17-22/h7-10,12-15,17,23H,4-6,11,16,18-19H2,1-3H3,(H,26,29). The van der Waals surface area contributed by atoms with Crippen molar-refractivity contribution in [2.45, 2.75) is 65.5 Å². The van der Waals surface area contributed by atoms with Crippen molar-refractivity contribution in [1.29, 1.82) is 0 Å². The predicted octanol–water partition coefficient (Wildman–Crippen LogP) is 4.65. The van der Waals surface area contributed by atoms with E-state index in [1.807, 2.05) is 62.4 Å². The maximum Gasteiger partial charge on any atom is 0.243 e. The first-order valence-electron chi connectivity index (χ1n) is 10.7. The van der Waals surface area contributed by atoms with E-state index in [4.69, 9.17) is 0 Å². The molecule has 0 heterocycles. The molecule has 2 aromatic rings. The minimum absolute atomic E-state index is 0.0283. The molecular weight excluding hydrogens is 360 g/mol. The van der Waals surface area contributed by atoms with E-state index in [0.29, 0.717) is 25.9 Å². The maximum atomic E-state index is 13.1. The monoisotopic (exact) mass is 394 g/mol. The molecule has 1 unspecified atom stereocenters. The van der Waals surface area contributed by atoms with Crippen LogP contribution in [-0.4, -0.2) is 29.3 Å². The van der Waals surface area contributed by atoms with Crippen LogP contribution in [0.5, 0.6) is 0 Å². The molecule has 0 radical (unpaired) electrons. The van der Waals surface area contributed by atoms with Crippen LogP contribution in [-0.2, 0) is 22.6 Å². The highest BCUT2D eigenvalue weighted by Gasteiger charge is 2.29. The van der Waals surface area contributed by atoms with Gasteiger partial charge in [0.05, 0.1) is 0 Å². The number of hydrogen-bond acceptors (Lipinski definition) is 2. The number of rotatable bonds is 11. The van der Waals surface area contributed by atoms with Gasteiger partial charge in [0.25, 0.3) is 0 Å². The van der Waals surface area contributed by atoms with Gasteiger partial charge in [-0.25, -0.2) is 0 Å². The fraction of sp³-hybridized carbons (Fsp3) is 0.440. The Balaban J connectivity index is 2.32. The van der Waals surface area contributed by atoms with Gasteiger partial charge in [0.1, 0.15) is 6.04 Å². The summed E-state index contributed by atoms with van der Waals surface area (Å²) in [5.74, 6) is -0.0417. The molecule has 2 rings (SSSR count). The number of carbonyl (C=O) groups excluding carboxylic acids is 2. The lowest BCUT2D eigenvalue weighted by molar-refractivity contribution is -0.141. The fourth-order valence-electron chi connectivity index (χ4n) is 3.42. The summed E-state index contributed by atoms with van der Waals surface area (Å²) in [5, 5.41) is 3.05. The summed E-state index contributed by atoms with van der Waals surface area (Å²) in [7, 11) is 0. The highest BCUT2D eigenvalue weighted by atomic mass is 16.2. The highest BCUT2D eigenvalue weighted by Crippen LogP contribution is 2.17. The Morgan fingerprint density at radius 3 is 2.34 bits per heavy atom. The summed E-state index contributed by atoms with van der Waals surface area (Å²) >= 11 is 0. The van der Waals surface area contributed by atoms with E-state index in [2.05, 4.69) is 18.3 Å².